The highest BCUT2D eigenvalue weighted by molar-refractivity contribution is 6.60. The van der Waals surface area contributed by atoms with Crippen molar-refractivity contribution in [2.24, 2.45) is 0 Å². The molecule has 0 unspecified atom stereocenters. The topological polar surface area (TPSA) is 40.2 Å². The quantitative estimate of drug-likeness (QED) is 0.747. The Kier molecular flexibility index (Phi) is 5.06. The highest BCUT2D eigenvalue weighted by atomic mass is 19.1. The smallest absolute Gasteiger partial charge is 0.390 e. The third kappa shape index (κ3) is 3.83. The van der Waals surface area contributed by atoms with Crippen molar-refractivity contribution in [1.29, 1.82) is 0 Å². The molecular weight excluding hydrogens is 347 g/mol. The Morgan fingerprint density at radius 3 is 1.37 bits per heavy atom. The van der Waals surface area contributed by atoms with Crippen LogP contribution in [0.4, 0.5) is 4.39 Å². The molecule has 0 saturated carbocycles. The van der Waals surface area contributed by atoms with E-state index in [0.717, 1.165) is 5.56 Å². The third-order valence-corrected chi connectivity index (χ3v) is 6.30. The first kappa shape index (κ1) is 20.8. The van der Waals surface area contributed by atoms with Gasteiger partial charge in [-0.05, 0) is 73.1 Å². The van der Waals surface area contributed by atoms with Gasteiger partial charge in [-0.15, -0.1) is 0 Å². The second kappa shape index (κ2) is 6.56. The van der Waals surface area contributed by atoms with Gasteiger partial charge in [0.25, 0.3) is 0 Å². The molecule has 5 nitrogen and oxygen atoms in total. The summed E-state index contributed by atoms with van der Waals surface area (Å²) in [5.74, 6) is -0.267. The Morgan fingerprint density at radius 2 is 1.04 bits per heavy atom. The lowest BCUT2D eigenvalue weighted by Gasteiger charge is -2.32. The first-order valence-electron chi connectivity index (χ1n) is 9.46. The molecule has 0 amide bonds. The molecule has 0 bridgehead atoms. The summed E-state index contributed by atoms with van der Waals surface area (Å²) in [4.78, 5) is 0. The Hall–Kier alpha value is -0.920. The summed E-state index contributed by atoms with van der Waals surface area (Å²) in [5, 5.41) is 0. The maximum Gasteiger partial charge on any atom is 0.551 e. The average Bonchev–Trinajstić information content (AvgIpc) is 2.86. The van der Waals surface area contributed by atoms with E-state index in [9.17, 15) is 4.39 Å². The van der Waals surface area contributed by atoms with Crippen molar-refractivity contribution in [3.63, 3.8) is 0 Å². The summed E-state index contributed by atoms with van der Waals surface area (Å²) < 4.78 is 40.2. The molecule has 27 heavy (non-hydrogen) atoms. The van der Waals surface area contributed by atoms with Gasteiger partial charge in [0.2, 0.25) is 0 Å². The molecule has 2 fully saturated rings. The van der Waals surface area contributed by atoms with Crippen LogP contribution in [0.5, 0.6) is 0 Å². The van der Waals surface area contributed by atoms with E-state index in [1.54, 1.807) is 12.1 Å². The number of hydrogen-bond acceptors (Lipinski definition) is 5. The third-order valence-electron chi connectivity index (χ3n) is 6.30. The molecular formula is C19H30B2FNO4. The normalized spacial score (nSPS) is 25.4. The van der Waals surface area contributed by atoms with Crippen LogP contribution in [0, 0.1) is 5.82 Å². The molecule has 2 aliphatic heterocycles. The van der Waals surface area contributed by atoms with Crippen LogP contribution < -0.4 is 0 Å². The van der Waals surface area contributed by atoms with Crippen LogP contribution in [-0.4, -0.2) is 41.6 Å². The summed E-state index contributed by atoms with van der Waals surface area (Å²) in [5.41, 5.74) is -1.02. The second-order valence-corrected chi connectivity index (χ2v) is 9.43. The lowest BCUT2D eigenvalue weighted by Crippen LogP contribution is -2.52. The summed E-state index contributed by atoms with van der Waals surface area (Å²) in [6.07, 6.45) is 0. The lowest BCUT2D eigenvalue weighted by atomic mass is 9.87. The van der Waals surface area contributed by atoms with Crippen LogP contribution in [0.1, 0.15) is 61.0 Å². The number of hydrogen-bond donors (Lipinski definition) is 0. The van der Waals surface area contributed by atoms with Gasteiger partial charge in [-0.25, -0.2) is 4.39 Å². The minimum atomic E-state index is -0.644. The Balaban J connectivity index is 1.89. The summed E-state index contributed by atoms with van der Waals surface area (Å²) in [6.45, 7) is 16.5. The van der Waals surface area contributed by atoms with Crippen molar-refractivity contribution in [2.75, 3.05) is 0 Å². The van der Waals surface area contributed by atoms with Gasteiger partial charge in [0, 0.05) is 6.54 Å². The van der Waals surface area contributed by atoms with Crippen molar-refractivity contribution in [1.82, 2.24) is 4.72 Å². The molecule has 0 atom stereocenters. The fourth-order valence-corrected chi connectivity index (χ4v) is 2.94. The fraction of sp³-hybridized carbons (Fsp3) is 0.684. The second-order valence-electron chi connectivity index (χ2n) is 9.43. The van der Waals surface area contributed by atoms with Crippen molar-refractivity contribution in [3.8, 4) is 0 Å². The first-order valence-corrected chi connectivity index (χ1v) is 9.46. The van der Waals surface area contributed by atoms with Crippen molar-refractivity contribution >= 4 is 14.5 Å². The van der Waals surface area contributed by atoms with Crippen LogP contribution in [0.2, 0.25) is 0 Å². The summed E-state index contributed by atoms with van der Waals surface area (Å²) >= 11 is 0. The van der Waals surface area contributed by atoms with Gasteiger partial charge in [-0.1, -0.05) is 12.1 Å². The molecule has 0 radical (unpaired) electrons. The van der Waals surface area contributed by atoms with E-state index >= 15 is 0 Å². The number of benzene rings is 1. The highest BCUT2D eigenvalue weighted by Crippen LogP contribution is 2.42. The lowest BCUT2D eigenvalue weighted by molar-refractivity contribution is 0.00578. The maximum atomic E-state index is 13.3. The zero-order valence-electron chi connectivity index (χ0n) is 17.6. The van der Waals surface area contributed by atoms with Crippen LogP contribution in [-0.2, 0) is 25.2 Å². The minimum absolute atomic E-state index is 0.267. The van der Waals surface area contributed by atoms with E-state index in [4.69, 9.17) is 18.6 Å². The zero-order valence-corrected chi connectivity index (χ0v) is 17.6. The van der Waals surface area contributed by atoms with Gasteiger partial charge < -0.3 is 18.6 Å². The van der Waals surface area contributed by atoms with E-state index in [-0.39, 0.29) is 5.82 Å². The molecule has 1 aromatic rings. The highest BCUT2D eigenvalue weighted by Gasteiger charge is 2.61. The first-order chi connectivity index (χ1) is 12.2. The molecule has 2 heterocycles. The number of halogens is 1. The molecule has 0 spiro atoms. The molecule has 8 heteroatoms. The SMILES string of the molecule is CC1(C)OB(N(Cc2ccc(F)cc2)B2OC(C)(C)C(C)(C)O2)OC1(C)C. The van der Waals surface area contributed by atoms with E-state index in [1.807, 2.05) is 60.1 Å². The molecule has 3 rings (SSSR count). The molecule has 1 aromatic carbocycles. The Bertz CT molecular complexity index is 625. The predicted octanol–water partition coefficient (Wildman–Crippen LogP) is 3.81. The largest absolute Gasteiger partial charge is 0.551 e. The van der Waals surface area contributed by atoms with E-state index in [0.29, 0.717) is 6.54 Å². The summed E-state index contributed by atoms with van der Waals surface area (Å²) in [7, 11) is -1.29. The maximum absolute atomic E-state index is 13.3. The predicted molar refractivity (Wildman–Crippen MR) is 104 cm³/mol. The minimum Gasteiger partial charge on any atom is -0.390 e. The Morgan fingerprint density at radius 1 is 0.704 bits per heavy atom. The van der Waals surface area contributed by atoms with E-state index < -0.39 is 36.9 Å². The monoisotopic (exact) mass is 377 g/mol. The number of rotatable bonds is 4. The molecule has 2 saturated heterocycles. The van der Waals surface area contributed by atoms with Crippen LogP contribution in [0.15, 0.2) is 24.3 Å². The van der Waals surface area contributed by atoms with Crippen LogP contribution >= 0.6 is 0 Å². The average molecular weight is 377 g/mol. The van der Waals surface area contributed by atoms with Gasteiger partial charge in [-0.3, -0.25) is 4.72 Å². The van der Waals surface area contributed by atoms with Gasteiger partial charge >= 0.3 is 14.5 Å². The van der Waals surface area contributed by atoms with Gasteiger partial charge in [0.1, 0.15) is 5.82 Å². The fourth-order valence-electron chi connectivity index (χ4n) is 2.94. The molecule has 0 N–H and O–H groups in total. The molecule has 2 aliphatic rings. The van der Waals surface area contributed by atoms with Gasteiger partial charge in [0.05, 0.1) is 22.4 Å². The van der Waals surface area contributed by atoms with Crippen LogP contribution in [0.3, 0.4) is 0 Å². The van der Waals surface area contributed by atoms with Gasteiger partial charge in [0.15, 0.2) is 0 Å². The molecule has 148 valence electrons. The standard InChI is InChI=1S/C19H30B2FNO4/c1-16(2)17(3,4)25-20(24-16)23(13-14-9-11-15(22)12-10-14)21-26-18(5,6)19(7,8)27-21/h9-12H,13H2,1-8H3. The van der Waals surface area contributed by atoms with Gasteiger partial charge in [-0.2, -0.15) is 0 Å². The van der Waals surface area contributed by atoms with E-state index in [1.165, 1.54) is 12.1 Å². The molecule has 0 aliphatic carbocycles. The zero-order chi connectivity index (χ0) is 20.3. The van der Waals surface area contributed by atoms with Crippen molar-refractivity contribution < 1.29 is 23.0 Å². The van der Waals surface area contributed by atoms with Crippen molar-refractivity contribution in [2.45, 2.75) is 84.3 Å². The van der Waals surface area contributed by atoms with E-state index in [2.05, 4.69) is 0 Å². The van der Waals surface area contributed by atoms with Crippen LogP contribution in [0.25, 0.3) is 0 Å². The Labute approximate surface area is 162 Å². The van der Waals surface area contributed by atoms with Crippen molar-refractivity contribution in [3.05, 3.63) is 35.6 Å². The number of nitrogens with zero attached hydrogens (tertiary/aromatic N) is 1. The summed E-state index contributed by atoms with van der Waals surface area (Å²) in [6, 6.07) is 6.39. The molecule has 0 aromatic heterocycles.